The molecule has 0 aliphatic carbocycles. The van der Waals surface area contributed by atoms with Crippen molar-refractivity contribution in [2.45, 2.75) is 39.0 Å². The SMILES string of the molecule is CCc1cccc(C)c1NC(=O)COn1nnc2ccc(S(=O)(=O)N(CC)CC)cc21. The molecule has 0 unspecified atom stereocenters. The van der Waals surface area contributed by atoms with E-state index in [4.69, 9.17) is 4.84 Å². The number of anilines is 1. The summed E-state index contributed by atoms with van der Waals surface area (Å²) in [5.74, 6) is -0.348. The van der Waals surface area contributed by atoms with E-state index in [0.29, 0.717) is 24.1 Å². The Hall–Kier alpha value is -2.98. The third kappa shape index (κ3) is 4.70. The Balaban J connectivity index is 1.79. The summed E-state index contributed by atoms with van der Waals surface area (Å²) in [6.45, 7) is 7.94. The van der Waals surface area contributed by atoms with E-state index in [1.807, 2.05) is 32.0 Å². The number of aromatic nitrogens is 3. The standard InChI is InChI=1S/C21H27N5O4S/c1-5-16-10-8-9-15(4)21(16)22-20(27)14-30-26-19-13-17(11-12-18(19)23-24-26)31(28,29)25(6-2)7-3/h8-13H,5-7,14H2,1-4H3,(H,22,27). The number of carbonyl (C=O) groups is 1. The van der Waals surface area contributed by atoms with Crippen LogP contribution in [-0.4, -0.2) is 53.5 Å². The molecule has 0 radical (unpaired) electrons. The van der Waals surface area contributed by atoms with Crippen molar-refractivity contribution in [1.29, 1.82) is 0 Å². The van der Waals surface area contributed by atoms with Gasteiger partial charge < -0.3 is 10.2 Å². The van der Waals surface area contributed by atoms with Crippen LogP contribution in [0, 0.1) is 6.92 Å². The largest absolute Gasteiger partial charge is 0.385 e. The van der Waals surface area contributed by atoms with E-state index in [-0.39, 0.29) is 17.4 Å². The number of nitrogens with one attached hydrogen (secondary N) is 1. The number of rotatable bonds is 9. The van der Waals surface area contributed by atoms with Gasteiger partial charge in [-0.1, -0.05) is 43.8 Å². The lowest BCUT2D eigenvalue weighted by molar-refractivity contribution is -0.121. The Kier molecular flexibility index (Phi) is 6.91. The van der Waals surface area contributed by atoms with Gasteiger partial charge in [-0.05, 0) is 47.9 Å². The quantitative estimate of drug-likeness (QED) is 0.542. The predicted octanol–water partition coefficient (Wildman–Crippen LogP) is 2.40. The van der Waals surface area contributed by atoms with E-state index in [1.165, 1.54) is 16.4 Å². The number of sulfonamides is 1. The van der Waals surface area contributed by atoms with Gasteiger partial charge in [-0.25, -0.2) is 8.42 Å². The summed E-state index contributed by atoms with van der Waals surface area (Å²) < 4.78 is 27.0. The Labute approximate surface area is 182 Å². The van der Waals surface area contributed by atoms with Crippen LogP contribution in [0.5, 0.6) is 0 Å². The maximum absolute atomic E-state index is 12.8. The van der Waals surface area contributed by atoms with Crippen LogP contribution in [0.25, 0.3) is 11.0 Å². The van der Waals surface area contributed by atoms with Crippen LogP contribution in [0.2, 0.25) is 0 Å². The highest BCUT2D eigenvalue weighted by Gasteiger charge is 2.23. The van der Waals surface area contributed by atoms with Crippen molar-refractivity contribution < 1.29 is 18.0 Å². The van der Waals surface area contributed by atoms with E-state index >= 15 is 0 Å². The number of carbonyl (C=O) groups excluding carboxylic acids is 1. The summed E-state index contributed by atoms with van der Waals surface area (Å²) in [6, 6.07) is 10.4. The van der Waals surface area contributed by atoms with Gasteiger partial charge in [0, 0.05) is 18.8 Å². The lowest BCUT2D eigenvalue weighted by atomic mass is 10.1. The molecule has 0 atom stereocenters. The van der Waals surface area contributed by atoms with Gasteiger partial charge in [0.2, 0.25) is 10.0 Å². The molecule has 10 heteroatoms. The first-order valence-electron chi connectivity index (χ1n) is 10.2. The third-order valence-corrected chi connectivity index (χ3v) is 7.10. The first-order valence-corrected chi connectivity index (χ1v) is 11.6. The van der Waals surface area contributed by atoms with Gasteiger partial charge in [0.15, 0.2) is 6.61 Å². The molecule has 0 fully saturated rings. The van der Waals surface area contributed by atoms with E-state index in [1.54, 1.807) is 19.9 Å². The molecule has 2 aromatic carbocycles. The second kappa shape index (κ2) is 9.44. The van der Waals surface area contributed by atoms with Gasteiger partial charge >= 0.3 is 0 Å². The van der Waals surface area contributed by atoms with Gasteiger partial charge in [0.1, 0.15) is 11.0 Å². The van der Waals surface area contributed by atoms with E-state index in [9.17, 15) is 13.2 Å². The summed E-state index contributed by atoms with van der Waals surface area (Å²) in [6.07, 6.45) is 0.787. The zero-order chi connectivity index (χ0) is 22.6. The predicted molar refractivity (Wildman–Crippen MR) is 118 cm³/mol. The lowest BCUT2D eigenvalue weighted by Gasteiger charge is -2.18. The van der Waals surface area contributed by atoms with Gasteiger partial charge in [0.25, 0.3) is 5.91 Å². The summed E-state index contributed by atoms with van der Waals surface area (Å²) in [5, 5.41) is 10.7. The highest BCUT2D eigenvalue weighted by Crippen LogP contribution is 2.22. The molecule has 1 amide bonds. The van der Waals surface area contributed by atoms with Crippen molar-refractivity contribution >= 4 is 32.7 Å². The van der Waals surface area contributed by atoms with Crippen LogP contribution in [0.4, 0.5) is 5.69 Å². The van der Waals surface area contributed by atoms with Crippen molar-refractivity contribution in [3.63, 3.8) is 0 Å². The number of hydrogen-bond donors (Lipinski definition) is 1. The number of para-hydroxylation sites is 1. The normalized spacial score (nSPS) is 11.8. The van der Waals surface area contributed by atoms with Crippen molar-refractivity contribution in [3.05, 3.63) is 47.5 Å². The smallest absolute Gasteiger partial charge is 0.265 e. The maximum atomic E-state index is 12.8. The van der Waals surface area contributed by atoms with Crippen molar-refractivity contribution in [1.82, 2.24) is 19.5 Å². The lowest BCUT2D eigenvalue weighted by Crippen LogP contribution is -2.30. The summed E-state index contributed by atoms with van der Waals surface area (Å²) in [4.78, 5) is 19.2. The molecule has 1 N–H and O–H groups in total. The summed E-state index contributed by atoms with van der Waals surface area (Å²) in [5.41, 5.74) is 3.60. The number of amides is 1. The molecule has 0 saturated heterocycles. The molecule has 3 aromatic rings. The average molecular weight is 446 g/mol. The molecule has 3 rings (SSSR count). The Morgan fingerprint density at radius 2 is 1.90 bits per heavy atom. The van der Waals surface area contributed by atoms with Crippen LogP contribution >= 0.6 is 0 Å². The first-order chi connectivity index (χ1) is 14.8. The molecule has 0 bridgehead atoms. The molecule has 0 aliphatic heterocycles. The molecule has 31 heavy (non-hydrogen) atoms. The minimum absolute atomic E-state index is 0.118. The topological polar surface area (TPSA) is 106 Å². The van der Waals surface area contributed by atoms with Crippen LogP contribution in [0.15, 0.2) is 41.3 Å². The first kappa shape index (κ1) is 22.7. The fourth-order valence-corrected chi connectivity index (χ4v) is 4.82. The fourth-order valence-electron chi connectivity index (χ4n) is 3.34. The van der Waals surface area contributed by atoms with E-state index in [0.717, 1.165) is 28.1 Å². The van der Waals surface area contributed by atoms with Crippen molar-refractivity contribution in [2.24, 2.45) is 0 Å². The molecule has 0 spiro atoms. The molecule has 1 aromatic heterocycles. The molecule has 0 saturated carbocycles. The van der Waals surface area contributed by atoms with Gasteiger partial charge in [-0.15, -0.1) is 5.10 Å². The molecular formula is C21H27N5O4S. The van der Waals surface area contributed by atoms with Gasteiger partial charge in [0.05, 0.1) is 4.90 Å². The van der Waals surface area contributed by atoms with Gasteiger partial charge in [-0.2, -0.15) is 4.31 Å². The Morgan fingerprint density at radius 1 is 1.16 bits per heavy atom. The minimum Gasteiger partial charge on any atom is -0.385 e. The monoisotopic (exact) mass is 445 g/mol. The zero-order valence-electron chi connectivity index (χ0n) is 18.1. The molecule has 0 aliphatic rings. The molecule has 1 heterocycles. The van der Waals surface area contributed by atoms with Crippen LogP contribution < -0.4 is 10.2 Å². The van der Waals surface area contributed by atoms with Gasteiger partial charge in [-0.3, -0.25) is 4.79 Å². The highest BCUT2D eigenvalue weighted by molar-refractivity contribution is 7.89. The Morgan fingerprint density at radius 3 is 2.58 bits per heavy atom. The molecule has 166 valence electrons. The highest BCUT2D eigenvalue weighted by atomic mass is 32.2. The van der Waals surface area contributed by atoms with Crippen LogP contribution in [0.1, 0.15) is 31.9 Å². The maximum Gasteiger partial charge on any atom is 0.265 e. The van der Waals surface area contributed by atoms with Crippen LogP contribution in [0.3, 0.4) is 0 Å². The third-order valence-electron chi connectivity index (χ3n) is 5.05. The number of nitrogens with zero attached hydrogens (tertiary/aromatic N) is 4. The fraction of sp³-hybridized carbons (Fsp3) is 0.381. The number of fused-ring (bicyclic) bond motifs is 1. The van der Waals surface area contributed by atoms with Crippen molar-refractivity contribution in [2.75, 3.05) is 25.0 Å². The number of aryl methyl sites for hydroxylation is 2. The van der Waals surface area contributed by atoms with E-state index in [2.05, 4.69) is 15.6 Å². The second-order valence-electron chi connectivity index (χ2n) is 6.99. The average Bonchev–Trinajstić information content (AvgIpc) is 3.16. The van der Waals surface area contributed by atoms with Crippen LogP contribution in [-0.2, 0) is 21.2 Å². The zero-order valence-corrected chi connectivity index (χ0v) is 18.9. The Bertz CT molecular complexity index is 1190. The molecule has 9 nitrogen and oxygen atoms in total. The minimum atomic E-state index is -3.64. The molecular weight excluding hydrogens is 418 g/mol. The number of benzene rings is 2. The second-order valence-corrected chi connectivity index (χ2v) is 8.92. The summed E-state index contributed by atoms with van der Waals surface area (Å²) >= 11 is 0. The number of hydrogen-bond acceptors (Lipinski definition) is 6. The summed E-state index contributed by atoms with van der Waals surface area (Å²) in [7, 11) is -3.64. The van der Waals surface area contributed by atoms with E-state index < -0.39 is 10.0 Å². The van der Waals surface area contributed by atoms with Crippen molar-refractivity contribution in [3.8, 4) is 0 Å².